The van der Waals surface area contributed by atoms with E-state index in [-0.39, 0.29) is 37.2 Å². The topological polar surface area (TPSA) is 41.6 Å². The molecule has 0 unspecified atom stereocenters. The van der Waals surface area contributed by atoms with E-state index in [1.54, 1.807) is 0 Å². The monoisotopic (exact) mass is 464 g/mol. The first kappa shape index (κ1) is 23.5. The fraction of sp³-hybridized carbons (Fsp3) is 0.480. The molecule has 1 saturated carbocycles. The smallest absolute Gasteiger partial charge is 0.248 e. The van der Waals surface area contributed by atoms with Crippen LogP contribution < -0.4 is 10.2 Å². The lowest BCUT2D eigenvalue weighted by atomic mass is 9.79. The van der Waals surface area contributed by atoms with Gasteiger partial charge in [0.15, 0.2) is 0 Å². The number of alkyl halides is 2. The van der Waals surface area contributed by atoms with Crippen LogP contribution in [0.5, 0.6) is 0 Å². The lowest BCUT2D eigenvalue weighted by Gasteiger charge is -2.34. The number of hydrogen-bond acceptors (Lipinski definition) is 3. The summed E-state index contributed by atoms with van der Waals surface area (Å²) in [6, 6.07) is 7.41. The van der Waals surface area contributed by atoms with Gasteiger partial charge in [-0.2, -0.15) is 0 Å². The number of ether oxygens (including phenoxy) is 1. The molecule has 8 heteroatoms. The molecule has 1 heterocycles. The number of anilines is 2. The maximum absolute atomic E-state index is 13.6. The molecule has 1 atom stereocenters. The molecular weight excluding hydrogens is 436 g/mol. The van der Waals surface area contributed by atoms with Crippen LogP contribution in [0.3, 0.4) is 0 Å². The normalized spacial score (nSPS) is 20.8. The van der Waals surface area contributed by atoms with Gasteiger partial charge in [-0.1, -0.05) is 0 Å². The van der Waals surface area contributed by atoms with E-state index in [4.69, 9.17) is 4.74 Å². The Kier molecular flexibility index (Phi) is 6.66. The number of nitrogens with one attached hydrogen (secondary N) is 1. The number of benzene rings is 2. The summed E-state index contributed by atoms with van der Waals surface area (Å²) in [6.45, 7) is 5.47. The number of rotatable bonds is 5. The molecule has 2 aliphatic rings. The van der Waals surface area contributed by atoms with Gasteiger partial charge in [0.05, 0.1) is 12.7 Å². The van der Waals surface area contributed by atoms with E-state index in [1.165, 1.54) is 12.1 Å². The number of amides is 1. The summed E-state index contributed by atoms with van der Waals surface area (Å²) in [5, 5.41) is 2.89. The summed E-state index contributed by atoms with van der Waals surface area (Å²) >= 11 is 0. The highest BCUT2D eigenvalue weighted by Crippen LogP contribution is 2.44. The molecule has 178 valence electrons. The van der Waals surface area contributed by atoms with Gasteiger partial charge < -0.3 is 15.0 Å². The van der Waals surface area contributed by atoms with E-state index in [0.29, 0.717) is 37.4 Å². The number of halogens is 4. The van der Waals surface area contributed by atoms with Crippen molar-refractivity contribution in [3.8, 4) is 0 Å². The van der Waals surface area contributed by atoms with Crippen LogP contribution in [0.15, 0.2) is 30.3 Å². The number of aryl methyl sites for hydroxylation is 2. The van der Waals surface area contributed by atoms with Gasteiger partial charge >= 0.3 is 0 Å². The number of carbonyl (C=O) groups is 1. The van der Waals surface area contributed by atoms with Crippen molar-refractivity contribution in [3.05, 3.63) is 58.7 Å². The zero-order valence-corrected chi connectivity index (χ0v) is 18.8. The SMILES string of the molecule is Cc1cc(N2CCO[C@H](c3cc(F)cc(F)c3)CC2)cc(C)c1NC(=O)CC1CC(F)(F)C1. The molecule has 1 amide bonds. The first-order chi connectivity index (χ1) is 15.6. The Morgan fingerprint density at radius 1 is 1.06 bits per heavy atom. The van der Waals surface area contributed by atoms with E-state index >= 15 is 0 Å². The molecule has 0 spiro atoms. The zero-order valence-electron chi connectivity index (χ0n) is 18.8. The first-order valence-corrected chi connectivity index (χ1v) is 11.2. The van der Waals surface area contributed by atoms with E-state index in [2.05, 4.69) is 10.2 Å². The van der Waals surface area contributed by atoms with Gasteiger partial charge in [-0.3, -0.25) is 4.79 Å². The maximum Gasteiger partial charge on any atom is 0.248 e. The van der Waals surface area contributed by atoms with Crippen LogP contribution in [-0.4, -0.2) is 31.5 Å². The Hall–Kier alpha value is -2.61. The second kappa shape index (κ2) is 9.33. The minimum atomic E-state index is -2.63. The van der Waals surface area contributed by atoms with E-state index in [1.807, 2.05) is 26.0 Å². The van der Waals surface area contributed by atoms with Crippen LogP contribution in [0.2, 0.25) is 0 Å². The van der Waals surface area contributed by atoms with E-state index in [9.17, 15) is 22.4 Å². The van der Waals surface area contributed by atoms with Crippen molar-refractivity contribution in [2.45, 2.75) is 51.6 Å². The van der Waals surface area contributed by atoms with Crippen molar-refractivity contribution in [2.75, 3.05) is 29.9 Å². The highest BCUT2D eigenvalue weighted by molar-refractivity contribution is 5.93. The summed E-state index contributed by atoms with van der Waals surface area (Å²) in [5.74, 6) is -4.38. The Bertz CT molecular complexity index is 992. The third-order valence-electron chi connectivity index (χ3n) is 6.39. The predicted octanol–water partition coefficient (Wildman–Crippen LogP) is 5.92. The molecule has 4 rings (SSSR count). The van der Waals surface area contributed by atoms with E-state index < -0.39 is 17.6 Å². The molecule has 0 aromatic heterocycles. The van der Waals surface area contributed by atoms with Crippen molar-refractivity contribution in [3.63, 3.8) is 0 Å². The minimum Gasteiger partial charge on any atom is -0.372 e. The molecular formula is C25H28F4N2O2. The number of nitrogens with zero attached hydrogens (tertiary/aromatic N) is 1. The summed E-state index contributed by atoms with van der Waals surface area (Å²) in [6.07, 6.45) is -0.164. The van der Waals surface area contributed by atoms with Crippen LogP contribution in [-0.2, 0) is 9.53 Å². The molecule has 2 fully saturated rings. The Labute approximate surface area is 190 Å². The predicted molar refractivity (Wildman–Crippen MR) is 119 cm³/mol. The van der Waals surface area contributed by atoms with Crippen LogP contribution in [0.25, 0.3) is 0 Å². The molecule has 4 nitrogen and oxygen atoms in total. The van der Waals surface area contributed by atoms with Gasteiger partial charge in [0.25, 0.3) is 0 Å². The average Bonchev–Trinajstić information content (AvgIpc) is 2.95. The summed E-state index contributed by atoms with van der Waals surface area (Å²) < 4.78 is 59.1. The van der Waals surface area contributed by atoms with Gasteiger partial charge in [-0.05, 0) is 67.1 Å². The lowest BCUT2D eigenvalue weighted by molar-refractivity contribution is -0.129. The average molecular weight is 465 g/mol. The standard InChI is InChI=1S/C25H28F4N2O2/c1-15-7-21(8-16(2)24(15)30-23(32)9-17-13-25(28,29)14-17)31-4-3-22(33-6-5-31)18-10-19(26)12-20(27)11-18/h7-8,10-12,17,22H,3-6,9,13-14H2,1-2H3,(H,30,32)/t22-/m0/s1. The van der Waals surface area contributed by atoms with Crippen molar-refractivity contribution < 1.29 is 27.1 Å². The number of hydrogen-bond donors (Lipinski definition) is 1. The Morgan fingerprint density at radius 2 is 1.70 bits per heavy atom. The third kappa shape index (κ3) is 5.66. The highest BCUT2D eigenvalue weighted by Gasteiger charge is 2.45. The van der Waals surface area contributed by atoms with Gasteiger partial charge in [-0.25, -0.2) is 17.6 Å². The summed E-state index contributed by atoms with van der Waals surface area (Å²) in [4.78, 5) is 14.5. The molecule has 0 radical (unpaired) electrons. The van der Waals surface area contributed by atoms with Crippen LogP contribution in [0, 0.1) is 31.4 Å². The molecule has 2 aromatic carbocycles. The van der Waals surface area contributed by atoms with Gasteiger partial charge in [-0.15, -0.1) is 0 Å². The molecule has 1 aliphatic heterocycles. The third-order valence-corrected chi connectivity index (χ3v) is 6.39. The van der Waals surface area contributed by atoms with E-state index in [0.717, 1.165) is 22.9 Å². The van der Waals surface area contributed by atoms with Crippen LogP contribution in [0.4, 0.5) is 28.9 Å². The maximum atomic E-state index is 13.6. The largest absolute Gasteiger partial charge is 0.372 e. The molecule has 0 bridgehead atoms. The quantitative estimate of drug-likeness (QED) is 0.559. The van der Waals surface area contributed by atoms with Gasteiger partial charge in [0, 0.05) is 49.8 Å². The minimum absolute atomic E-state index is 0.0990. The summed E-state index contributed by atoms with van der Waals surface area (Å²) in [5.41, 5.74) is 3.92. The Morgan fingerprint density at radius 3 is 2.30 bits per heavy atom. The molecule has 2 aromatic rings. The molecule has 1 aliphatic carbocycles. The van der Waals surface area contributed by atoms with Gasteiger partial charge in [0.1, 0.15) is 11.6 Å². The molecule has 33 heavy (non-hydrogen) atoms. The molecule has 1 saturated heterocycles. The van der Waals surface area contributed by atoms with Gasteiger partial charge in [0.2, 0.25) is 11.8 Å². The van der Waals surface area contributed by atoms with Crippen molar-refractivity contribution in [1.29, 1.82) is 0 Å². The lowest BCUT2D eigenvalue weighted by Crippen LogP contribution is -2.37. The second-order valence-corrected chi connectivity index (χ2v) is 9.18. The first-order valence-electron chi connectivity index (χ1n) is 11.2. The zero-order chi connectivity index (χ0) is 23.8. The Balaban J connectivity index is 1.40. The fourth-order valence-corrected chi connectivity index (χ4v) is 4.76. The highest BCUT2D eigenvalue weighted by atomic mass is 19.3. The van der Waals surface area contributed by atoms with Crippen molar-refractivity contribution in [1.82, 2.24) is 0 Å². The number of carbonyl (C=O) groups excluding carboxylic acids is 1. The summed E-state index contributed by atoms with van der Waals surface area (Å²) in [7, 11) is 0. The fourth-order valence-electron chi connectivity index (χ4n) is 4.76. The van der Waals surface area contributed by atoms with Crippen molar-refractivity contribution in [2.24, 2.45) is 5.92 Å². The second-order valence-electron chi connectivity index (χ2n) is 9.18. The van der Waals surface area contributed by atoms with Crippen LogP contribution in [0.1, 0.15) is 48.5 Å². The molecule has 1 N–H and O–H groups in total. The van der Waals surface area contributed by atoms with Crippen molar-refractivity contribution >= 4 is 17.3 Å². The van der Waals surface area contributed by atoms with Crippen LogP contribution >= 0.6 is 0 Å².